The molecule has 1 aliphatic heterocycles. The average Bonchev–Trinajstić information content (AvgIpc) is 2.63. The zero-order chi connectivity index (χ0) is 18.7. The number of pyridine rings is 1. The van der Waals surface area contributed by atoms with Crippen molar-refractivity contribution in [2.45, 2.75) is 6.18 Å². The van der Waals surface area contributed by atoms with Gasteiger partial charge >= 0.3 is 6.18 Å². The van der Waals surface area contributed by atoms with Gasteiger partial charge in [-0.2, -0.15) is 13.2 Å². The quantitative estimate of drug-likeness (QED) is 0.630. The number of hydrogen-bond donors (Lipinski definition) is 1. The molecule has 4 nitrogen and oxygen atoms in total. The third-order valence-corrected chi connectivity index (χ3v) is 4.41. The molecule has 2 aromatic rings. The smallest absolute Gasteiger partial charge is 0.353 e. The van der Waals surface area contributed by atoms with Gasteiger partial charge in [-0.3, -0.25) is 0 Å². The number of nitrogens with zero attached hydrogens (tertiary/aromatic N) is 3. The molecule has 0 saturated carbocycles. The number of nitrogens with one attached hydrogen (secondary N) is 1. The topological polar surface area (TPSA) is 31.4 Å². The van der Waals surface area contributed by atoms with E-state index < -0.39 is 11.7 Å². The summed E-state index contributed by atoms with van der Waals surface area (Å²) in [4.78, 5) is 7.40. The summed E-state index contributed by atoms with van der Waals surface area (Å²) < 4.78 is 52.4. The van der Waals surface area contributed by atoms with Crippen LogP contribution in [0.5, 0.6) is 0 Å². The third-order valence-electron chi connectivity index (χ3n) is 4.05. The summed E-state index contributed by atoms with van der Waals surface area (Å²) >= 11 is 5.34. The Bertz CT molecular complexity index is 771. The molecule has 9 heteroatoms. The molecule has 0 radical (unpaired) electrons. The van der Waals surface area contributed by atoms with Crippen molar-refractivity contribution < 1.29 is 17.6 Å². The number of benzene rings is 1. The summed E-state index contributed by atoms with van der Waals surface area (Å²) in [5.74, 6) is -0.400. The molecule has 2 heterocycles. The number of rotatable bonds is 2. The molecule has 0 unspecified atom stereocenters. The van der Waals surface area contributed by atoms with Gasteiger partial charge < -0.3 is 15.1 Å². The van der Waals surface area contributed by atoms with Gasteiger partial charge in [0.25, 0.3) is 0 Å². The molecule has 1 aromatic heterocycles. The Labute approximate surface area is 153 Å². The van der Waals surface area contributed by atoms with Gasteiger partial charge in [-0.25, -0.2) is 9.37 Å². The van der Waals surface area contributed by atoms with E-state index in [4.69, 9.17) is 12.2 Å². The number of halogens is 4. The van der Waals surface area contributed by atoms with Crippen molar-refractivity contribution in [3.05, 3.63) is 54.0 Å². The zero-order valence-electron chi connectivity index (χ0n) is 13.6. The van der Waals surface area contributed by atoms with Gasteiger partial charge in [-0.15, -0.1) is 0 Å². The standard InChI is InChI=1S/C17H16F4N4S/c18-12-3-5-13(6-4-12)23-16(26)25-10-8-24(9-11-25)15-14(17(19,20)21)2-1-7-22-15/h1-7H,8-11H2,(H,23,26). The molecule has 138 valence electrons. The van der Waals surface area contributed by atoms with Gasteiger partial charge in [0.1, 0.15) is 11.6 Å². The lowest BCUT2D eigenvalue weighted by Crippen LogP contribution is -2.50. The van der Waals surface area contributed by atoms with E-state index in [0.29, 0.717) is 37.0 Å². The Balaban J connectivity index is 1.63. The van der Waals surface area contributed by atoms with Crippen LogP contribution in [-0.4, -0.2) is 41.2 Å². The summed E-state index contributed by atoms with van der Waals surface area (Å²) in [7, 11) is 0. The number of alkyl halides is 3. The second-order valence-electron chi connectivity index (χ2n) is 5.78. The van der Waals surface area contributed by atoms with Crippen molar-refractivity contribution in [1.29, 1.82) is 0 Å². The highest BCUT2D eigenvalue weighted by atomic mass is 32.1. The van der Waals surface area contributed by atoms with Crippen LogP contribution in [0.2, 0.25) is 0 Å². The second-order valence-corrected chi connectivity index (χ2v) is 6.17. The molecular weight excluding hydrogens is 368 g/mol. The predicted molar refractivity (Wildman–Crippen MR) is 95.6 cm³/mol. The van der Waals surface area contributed by atoms with Crippen molar-refractivity contribution in [1.82, 2.24) is 9.88 Å². The summed E-state index contributed by atoms with van der Waals surface area (Å²) in [6, 6.07) is 8.10. The largest absolute Gasteiger partial charge is 0.419 e. The Hall–Kier alpha value is -2.42. The third kappa shape index (κ3) is 4.21. The van der Waals surface area contributed by atoms with Crippen LogP contribution in [0.1, 0.15) is 5.56 Å². The molecule has 0 aliphatic carbocycles. The Morgan fingerprint density at radius 2 is 1.69 bits per heavy atom. The summed E-state index contributed by atoms with van der Waals surface area (Å²) in [6.07, 6.45) is -3.09. The molecule has 26 heavy (non-hydrogen) atoms. The highest BCUT2D eigenvalue weighted by Gasteiger charge is 2.36. The minimum absolute atomic E-state index is 0.0583. The van der Waals surface area contributed by atoms with E-state index in [9.17, 15) is 17.6 Å². The van der Waals surface area contributed by atoms with E-state index in [1.54, 1.807) is 17.0 Å². The first-order valence-electron chi connectivity index (χ1n) is 7.93. The maximum absolute atomic E-state index is 13.1. The van der Waals surface area contributed by atoms with Gasteiger partial charge in [-0.1, -0.05) is 0 Å². The van der Waals surface area contributed by atoms with Crippen LogP contribution < -0.4 is 10.2 Å². The minimum Gasteiger partial charge on any atom is -0.353 e. The normalized spacial score (nSPS) is 15.1. The lowest BCUT2D eigenvalue weighted by Gasteiger charge is -2.37. The average molecular weight is 384 g/mol. The van der Waals surface area contributed by atoms with Crippen molar-refractivity contribution in [2.75, 3.05) is 36.4 Å². The predicted octanol–water partition coefficient (Wildman–Crippen LogP) is 3.76. The molecule has 1 aromatic carbocycles. The fraction of sp³-hybridized carbons (Fsp3) is 0.294. The van der Waals surface area contributed by atoms with Gasteiger partial charge in [0, 0.05) is 38.1 Å². The highest BCUT2D eigenvalue weighted by Crippen LogP contribution is 2.35. The fourth-order valence-corrected chi connectivity index (χ4v) is 3.03. The van der Waals surface area contributed by atoms with Crippen LogP contribution in [0.4, 0.5) is 29.1 Å². The molecule has 1 N–H and O–H groups in total. The number of hydrogen-bond acceptors (Lipinski definition) is 3. The maximum atomic E-state index is 13.1. The van der Waals surface area contributed by atoms with Crippen LogP contribution in [0.15, 0.2) is 42.6 Å². The zero-order valence-corrected chi connectivity index (χ0v) is 14.4. The van der Waals surface area contributed by atoms with Crippen molar-refractivity contribution in [3.8, 4) is 0 Å². The van der Waals surface area contributed by atoms with Crippen LogP contribution in [-0.2, 0) is 6.18 Å². The number of piperazine rings is 1. The first-order valence-corrected chi connectivity index (χ1v) is 8.34. The van der Waals surface area contributed by atoms with E-state index in [1.165, 1.54) is 24.4 Å². The lowest BCUT2D eigenvalue weighted by molar-refractivity contribution is -0.137. The number of anilines is 2. The SMILES string of the molecule is Fc1ccc(NC(=S)N2CCN(c3ncccc3C(F)(F)F)CC2)cc1. The lowest BCUT2D eigenvalue weighted by atomic mass is 10.2. The summed E-state index contributed by atoms with van der Waals surface area (Å²) in [6.45, 7) is 1.65. The molecule has 1 saturated heterocycles. The van der Waals surface area contributed by atoms with Crippen LogP contribution in [0.3, 0.4) is 0 Å². The van der Waals surface area contributed by atoms with E-state index >= 15 is 0 Å². The van der Waals surface area contributed by atoms with Gasteiger partial charge in [-0.05, 0) is 48.6 Å². The highest BCUT2D eigenvalue weighted by molar-refractivity contribution is 7.80. The monoisotopic (exact) mass is 384 g/mol. The van der Waals surface area contributed by atoms with E-state index in [-0.39, 0.29) is 11.6 Å². The summed E-state index contributed by atoms with van der Waals surface area (Å²) in [5.41, 5.74) is -0.0802. The van der Waals surface area contributed by atoms with Crippen LogP contribution in [0.25, 0.3) is 0 Å². The molecule has 0 spiro atoms. The van der Waals surface area contributed by atoms with E-state index in [0.717, 1.165) is 6.07 Å². The van der Waals surface area contributed by atoms with Crippen molar-refractivity contribution in [3.63, 3.8) is 0 Å². The molecule has 1 aliphatic rings. The molecule has 0 amide bonds. The Kier molecular flexibility index (Phi) is 5.26. The molecular formula is C17H16F4N4S. The molecule has 0 bridgehead atoms. The first kappa shape index (κ1) is 18.4. The van der Waals surface area contributed by atoms with E-state index in [2.05, 4.69) is 10.3 Å². The Morgan fingerprint density at radius 3 is 2.31 bits per heavy atom. The molecule has 1 fully saturated rings. The van der Waals surface area contributed by atoms with Crippen LogP contribution in [0, 0.1) is 5.82 Å². The molecule has 0 atom stereocenters. The maximum Gasteiger partial charge on any atom is 0.419 e. The van der Waals surface area contributed by atoms with Crippen molar-refractivity contribution in [2.24, 2.45) is 0 Å². The second kappa shape index (κ2) is 7.45. The summed E-state index contributed by atoms with van der Waals surface area (Å²) in [5, 5.41) is 3.46. The number of thiocarbonyl (C=S) groups is 1. The Morgan fingerprint density at radius 1 is 1.04 bits per heavy atom. The van der Waals surface area contributed by atoms with E-state index in [1.807, 2.05) is 4.90 Å². The van der Waals surface area contributed by atoms with Crippen LogP contribution >= 0.6 is 12.2 Å². The van der Waals surface area contributed by atoms with Crippen molar-refractivity contribution >= 4 is 28.8 Å². The first-order chi connectivity index (χ1) is 12.3. The fourth-order valence-electron chi connectivity index (χ4n) is 2.73. The minimum atomic E-state index is -4.44. The van der Waals surface area contributed by atoms with Gasteiger partial charge in [0.2, 0.25) is 0 Å². The van der Waals surface area contributed by atoms with Gasteiger partial charge in [0.15, 0.2) is 5.11 Å². The molecule has 3 rings (SSSR count). The number of aromatic nitrogens is 1. The van der Waals surface area contributed by atoms with Gasteiger partial charge in [0.05, 0.1) is 5.56 Å².